The first-order valence-electron chi connectivity index (χ1n) is 18.7. The molecule has 2 nitrogen and oxygen atoms in total. The number of likely N-dealkylation sites (tertiary alicyclic amines) is 2. The van der Waals surface area contributed by atoms with Gasteiger partial charge in [-0.05, 0) is 91.0 Å². The summed E-state index contributed by atoms with van der Waals surface area (Å²) in [6.07, 6.45) is 4.53. The Hall–Kier alpha value is -5.28. The lowest BCUT2D eigenvalue weighted by Gasteiger charge is -2.40. The van der Waals surface area contributed by atoms with E-state index in [9.17, 15) is 0 Å². The monoisotopic (exact) mass is 658 g/mol. The third kappa shape index (κ3) is 5.25. The van der Waals surface area contributed by atoms with Crippen LogP contribution in [0.5, 0.6) is 0 Å². The predicted molar refractivity (Wildman–Crippen MR) is 214 cm³/mol. The Kier molecular flexibility index (Phi) is 7.66. The molecule has 10 rings (SSSR count). The molecule has 0 aliphatic carbocycles. The fraction of sp³-hybridized carbons (Fsp3) is 0.184. The molecular formula is C49H42N2. The minimum absolute atomic E-state index is 0.307. The third-order valence-corrected chi connectivity index (χ3v) is 12.1. The van der Waals surface area contributed by atoms with Gasteiger partial charge in [0, 0.05) is 24.2 Å². The lowest BCUT2D eigenvalue weighted by molar-refractivity contribution is 0.0541. The standard InChI is InChI=1S/C49H42N2/c1-5-21-38-34(13-1)17-9-25-42(38)46-29-30-47(43-26-10-18-35-14-2-6-22-39(35)43)50(46)33-51-48(44-27-11-19-36-15-3-7-23-40(36)44)31-32-49(51)45-28-12-20-37-16-4-8-24-41(37)45/h1-28,46-49H,29-33H2/t46-,47-,48-,49?/m1/s1. The lowest BCUT2D eigenvalue weighted by Crippen LogP contribution is -2.40. The normalized spacial score (nSPS) is 21.3. The quantitative estimate of drug-likeness (QED) is 0.175. The maximum atomic E-state index is 2.89. The zero-order chi connectivity index (χ0) is 33.7. The van der Waals surface area contributed by atoms with Crippen molar-refractivity contribution in [2.24, 2.45) is 0 Å². The summed E-state index contributed by atoms with van der Waals surface area (Å²) < 4.78 is 0. The van der Waals surface area contributed by atoms with Crippen LogP contribution >= 0.6 is 0 Å². The molecule has 2 saturated heterocycles. The van der Waals surface area contributed by atoms with E-state index in [4.69, 9.17) is 0 Å². The maximum absolute atomic E-state index is 2.89. The van der Waals surface area contributed by atoms with Crippen LogP contribution < -0.4 is 0 Å². The number of hydrogen-bond donors (Lipinski definition) is 0. The molecule has 0 aromatic heterocycles. The average Bonchev–Trinajstić information content (AvgIpc) is 3.81. The highest BCUT2D eigenvalue weighted by Gasteiger charge is 2.43. The first-order chi connectivity index (χ1) is 25.3. The first kappa shape index (κ1) is 30.5. The second kappa shape index (κ2) is 12.8. The van der Waals surface area contributed by atoms with Crippen LogP contribution in [0.15, 0.2) is 170 Å². The molecule has 51 heavy (non-hydrogen) atoms. The van der Waals surface area contributed by atoms with Gasteiger partial charge in [0.05, 0.1) is 6.67 Å². The molecule has 8 aromatic rings. The van der Waals surface area contributed by atoms with Gasteiger partial charge in [-0.3, -0.25) is 9.80 Å². The van der Waals surface area contributed by atoms with E-state index in [1.54, 1.807) is 0 Å². The van der Waals surface area contributed by atoms with E-state index >= 15 is 0 Å². The predicted octanol–water partition coefficient (Wildman–Crippen LogP) is 12.7. The van der Waals surface area contributed by atoms with Crippen molar-refractivity contribution in [1.82, 2.24) is 9.80 Å². The van der Waals surface area contributed by atoms with E-state index in [0.717, 1.165) is 32.4 Å². The Labute approximate surface area is 300 Å². The van der Waals surface area contributed by atoms with Gasteiger partial charge < -0.3 is 0 Å². The van der Waals surface area contributed by atoms with E-state index in [1.807, 2.05) is 0 Å². The van der Waals surface area contributed by atoms with Crippen LogP contribution in [-0.2, 0) is 0 Å². The molecule has 8 aromatic carbocycles. The lowest BCUT2D eigenvalue weighted by atomic mass is 9.96. The third-order valence-electron chi connectivity index (χ3n) is 12.1. The Balaban J connectivity index is 1.16. The molecule has 0 amide bonds. The minimum Gasteiger partial charge on any atom is -0.276 e. The summed E-state index contributed by atoms with van der Waals surface area (Å²) in [5, 5.41) is 10.8. The summed E-state index contributed by atoms with van der Waals surface area (Å²) in [4.78, 5) is 5.79. The molecule has 2 aliphatic rings. The second-order valence-corrected chi connectivity index (χ2v) is 14.7. The molecule has 2 heteroatoms. The van der Waals surface area contributed by atoms with Crippen molar-refractivity contribution in [3.8, 4) is 0 Å². The summed E-state index contributed by atoms with van der Waals surface area (Å²) in [7, 11) is 0. The van der Waals surface area contributed by atoms with Gasteiger partial charge in [-0.15, -0.1) is 0 Å². The molecule has 2 aliphatic heterocycles. The molecule has 0 spiro atoms. The maximum Gasteiger partial charge on any atom is 0.0529 e. The highest BCUT2D eigenvalue weighted by atomic mass is 15.4. The van der Waals surface area contributed by atoms with Crippen molar-refractivity contribution < 1.29 is 0 Å². The van der Waals surface area contributed by atoms with Crippen molar-refractivity contribution in [3.05, 3.63) is 192 Å². The molecule has 0 bridgehead atoms. The van der Waals surface area contributed by atoms with Gasteiger partial charge in [0.1, 0.15) is 0 Å². The average molecular weight is 659 g/mol. The zero-order valence-electron chi connectivity index (χ0n) is 28.9. The summed E-state index contributed by atoms with van der Waals surface area (Å²) in [5.41, 5.74) is 5.83. The second-order valence-electron chi connectivity index (χ2n) is 14.7. The summed E-state index contributed by atoms with van der Waals surface area (Å²) >= 11 is 0. The van der Waals surface area contributed by atoms with E-state index < -0.39 is 0 Å². The minimum atomic E-state index is 0.307. The zero-order valence-corrected chi connectivity index (χ0v) is 28.9. The summed E-state index contributed by atoms with van der Waals surface area (Å²) in [5.74, 6) is 0. The fourth-order valence-electron chi connectivity index (χ4n) is 9.81. The molecule has 4 atom stereocenters. The van der Waals surface area contributed by atoms with Crippen LogP contribution in [0.1, 0.15) is 72.1 Å². The summed E-state index contributed by atoms with van der Waals surface area (Å²) in [6.45, 7) is 0.892. The molecule has 2 fully saturated rings. The molecule has 1 unspecified atom stereocenters. The molecule has 0 radical (unpaired) electrons. The van der Waals surface area contributed by atoms with Crippen molar-refractivity contribution in [1.29, 1.82) is 0 Å². The molecule has 0 N–H and O–H groups in total. The van der Waals surface area contributed by atoms with Gasteiger partial charge in [-0.1, -0.05) is 170 Å². The summed E-state index contributed by atoms with van der Waals surface area (Å²) in [6, 6.07) is 65.0. The van der Waals surface area contributed by atoms with E-state index in [0.29, 0.717) is 24.2 Å². The Morgan fingerprint density at radius 1 is 0.294 bits per heavy atom. The Morgan fingerprint density at radius 3 is 0.804 bits per heavy atom. The van der Waals surface area contributed by atoms with Gasteiger partial charge in [0.25, 0.3) is 0 Å². The molecule has 0 saturated carbocycles. The van der Waals surface area contributed by atoms with Gasteiger partial charge in [0.2, 0.25) is 0 Å². The van der Waals surface area contributed by atoms with Gasteiger partial charge >= 0.3 is 0 Å². The van der Waals surface area contributed by atoms with Crippen LogP contribution in [0.3, 0.4) is 0 Å². The number of fused-ring (bicyclic) bond motifs is 4. The molecule has 248 valence electrons. The van der Waals surface area contributed by atoms with Crippen LogP contribution in [0, 0.1) is 0 Å². The van der Waals surface area contributed by atoms with Crippen molar-refractivity contribution in [2.75, 3.05) is 6.67 Å². The first-order valence-corrected chi connectivity index (χ1v) is 18.7. The highest BCUT2D eigenvalue weighted by Crippen LogP contribution is 2.52. The van der Waals surface area contributed by atoms with Crippen molar-refractivity contribution in [3.63, 3.8) is 0 Å². The number of rotatable bonds is 6. The molecule has 2 heterocycles. The van der Waals surface area contributed by atoms with Gasteiger partial charge in [-0.25, -0.2) is 0 Å². The Bertz CT molecular complexity index is 2160. The smallest absolute Gasteiger partial charge is 0.0529 e. The fourth-order valence-corrected chi connectivity index (χ4v) is 9.81. The number of hydrogen-bond acceptors (Lipinski definition) is 2. The number of nitrogens with zero attached hydrogens (tertiary/aromatic N) is 2. The number of benzene rings is 8. The SMILES string of the molecule is c1ccc2c(C3CC[C@H](c4cccc5ccccc45)N3CN3[C@@H](c4cccc5ccccc45)CC[C@@H]3c3cccc4ccccc34)cccc2c1. The van der Waals surface area contributed by atoms with Crippen LogP contribution in [0.4, 0.5) is 0 Å². The van der Waals surface area contributed by atoms with E-state index in [1.165, 1.54) is 65.3 Å². The van der Waals surface area contributed by atoms with Gasteiger partial charge in [0.15, 0.2) is 0 Å². The van der Waals surface area contributed by atoms with E-state index in [2.05, 4.69) is 180 Å². The van der Waals surface area contributed by atoms with Crippen molar-refractivity contribution >= 4 is 43.1 Å². The topological polar surface area (TPSA) is 6.48 Å². The van der Waals surface area contributed by atoms with Crippen LogP contribution in [-0.4, -0.2) is 16.5 Å². The van der Waals surface area contributed by atoms with Crippen LogP contribution in [0.25, 0.3) is 43.1 Å². The van der Waals surface area contributed by atoms with Crippen LogP contribution in [0.2, 0.25) is 0 Å². The highest BCUT2D eigenvalue weighted by molar-refractivity contribution is 5.89. The van der Waals surface area contributed by atoms with Crippen molar-refractivity contribution in [2.45, 2.75) is 49.9 Å². The van der Waals surface area contributed by atoms with E-state index in [-0.39, 0.29) is 0 Å². The van der Waals surface area contributed by atoms with Gasteiger partial charge in [-0.2, -0.15) is 0 Å². The molecular weight excluding hydrogens is 617 g/mol. The largest absolute Gasteiger partial charge is 0.276 e. The Morgan fingerprint density at radius 2 is 0.529 bits per heavy atom.